The monoisotopic (exact) mass is 354 g/mol. The Bertz CT molecular complexity index is 666. The number of fused-ring (bicyclic) bond motifs is 1. The molecular formula is C15H16BrFN2S. The van der Waals surface area contributed by atoms with Crippen LogP contribution in [0.5, 0.6) is 0 Å². The van der Waals surface area contributed by atoms with Crippen LogP contribution < -0.4 is 5.73 Å². The van der Waals surface area contributed by atoms with E-state index in [0.29, 0.717) is 0 Å². The van der Waals surface area contributed by atoms with Crippen LogP contribution in [0.3, 0.4) is 0 Å². The van der Waals surface area contributed by atoms with Crippen molar-refractivity contribution in [2.75, 3.05) is 0 Å². The lowest BCUT2D eigenvalue weighted by Gasteiger charge is -2.32. The Balaban J connectivity index is 2.08. The third kappa shape index (κ3) is 2.54. The Morgan fingerprint density at radius 3 is 2.95 bits per heavy atom. The van der Waals surface area contributed by atoms with Crippen molar-refractivity contribution in [2.24, 2.45) is 11.1 Å². The Hall–Kier alpha value is -0.780. The molecule has 2 N–H and O–H groups in total. The molecule has 1 aromatic carbocycles. The highest BCUT2D eigenvalue weighted by Gasteiger charge is 2.33. The summed E-state index contributed by atoms with van der Waals surface area (Å²) in [4.78, 5) is 5.86. The number of hydrogen-bond donors (Lipinski definition) is 1. The third-order valence-electron chi connectivity index (χ3n) is 3.64. The molecule has 0 radical (unpaired) electrons. The summed E-state index contributed by atoms with van der Waals surface area (Å²) in [7, 11) is 0. The summed E-state index contributed by atoms with van der Waals surface area (Å²) in [5.74, 6) is -0.249. The van der Waals surface area contributed by atoms with Crippen molar-refractivity contribution in [3.05, 3.63) is 39.1 Å². The second-order valence-electron chi connectivity index (χ2n) is 6.11. The summed E-state index contributed by atoms with van der Waals surface area (Å²) in [6.45, 7) is 4.43. The molecule has 20 heavy (non-hydrogen) atoms. The predicted octanol–water partition coefficient (Wildman–Crippen LogP) is 4.68. The minimum atomic E-state index is -0.249. The van der Waals surface area contributed by atoms with Gasteiger partial charge in [0.2, 0.25) is 0 Å². The molecule has 1 heterocycles. The van der Waals surface area contributed by atoms with Crippen molar-refractivity contribution in [3.8, 4) is 10.6 Å². The number of nitrogens with zero attached hydrogens (tertiary/aromatic N) is 1. The highest BCUT2D eigenvalue weighted by atomic mass is 79.9. The van der Waals surface area contributed by atoms with Crippen LogP contribution in [-0.4, -0.2) is 4.98 Å². The summed E-state index contributed by atoms with van der Waals surface area (Å²) in [5, 5.41) is 0.842. The van der Waals surface area contributed by atoms with Crippen molar-refractivity contribution in [3.63, 3.8) is 0 Å². The molecule has 0 bridgehead atoms. The average Bonchev–Trinajstić information content (AvgIpc) is 2.74. The van der Waals surface area contributed by atoms with Crippen LogP contribution in [-0.2, 0) is 6.42 Å². The molecule has 1 aliphatic carbocycles. The van der Waals surface area contributed by atoms with E-state index in [1.54, 1.807) is 17.4 Å². The van der Waals surface area contributed by atoms with Gasteiger partial charge in [-0.15, -0.1) is 11.3 Å². The van der Waals surface area contributed by atoms with Gasteiger partial charge in [0.1, 0.15) is 10.8 Å². The predicted molar refractivity (Wildman–Crippen MR) is 84.2 cm³/mol. The van der Waals surface area contributed by atoms with Gasteiger partial charge >= 0.3 is 0 Å². The largest absolute Gasteiger partial charge is 0.323 e. The Morgan fingerprint density at radius 2 is 2.20 bits per heavy atom. The zero-order valence-electron chi connectivity index (χ0n) is 11.4. The van der Waals surface area contributed by atoms with Crippen LogP contribution >= 0.6 is 27.3 Å². The molecule has 1 atom stereocenters. The smallest absolute Gasteiger partial charge is 0.125 e. The van der Waals surface area contributed by atoms with Crippen molar-refractivity contribution in [1.29, 1.82) is 0 Å². The fourth-order valence-electron chi connectivity index (χ4n) is 2.77. The summed E-state index contributed by atoms with van der Waals surface area (Å²) < 4.78 is 14.3. The Labute approximate surface area is 130 Å². The van der Waals surface area contributed by atoms with Gasteiger partial charge in [0, 0.05) is 21.0 Å². The van der Waals surface area contributed by atoms with E-state index >= 15 is 0 Å². The molecule has 0 saturated heterocycles. The summed E-state index contributed by atoms with van der Waals surface area (Å²) >= 11 is 5.05. The van der Waals surface area contributed by atoms with Gasteiger partial charge in [0.25, 0.3) is 0 Å². The number of aromatic nitrogens is 1. The number of rotatable bonds is 1. The maximum atomic E-state index is 13.4. The number of nitrogens with two attached hydrogens (primary N) is 1. The molecule has 0 fully saturated rings. The maximum Gasteiger partial charge on any atom is 0.125 e. The van der Waals surface area contributed by atoms with Crippen molar-refractivity contribution in [2.45, 2.75) is 32.7 Å². The van der Waals surface area contributed by atoms with Crippen LogP contribution in [0.4, 0.5) is 4.39 Å². The van der Waals surface area contributed by atoms with E-state index in [4.69, 9.17) is 10.7 Å². The minimum Gasteiger partial charge on any atom is -0.323 e. The van der Waals surface area contributed by atoms with Gasteiger partial charge < -0.3 is 5.73 Å². The molecule has 2 nitrogen and oxygen atoms in total. The first-order valence-corrected chi connectivity index (χ1v) is 8.17. The van der Waals surface area contributed by atoms with E-state index in [-0.39, 0.29) is 17.3 Å². The Morgan fingerprint density at radius 1 is 1.45 bits per heavy atom. The highest BCUT2D eigenvalue weighted by molar-refractivity contribution is 9.10. The molecule has 0 aliphatic heterocycles. The van der Waals surface area contributed by atoms with Gasteiger partial charge in [-0.05, 0) is 36.5 Å². The van der Waals surface area contributed by atoms with E-state index in [1.165, 1.54) is 12.1 Å². The lowest BCUT2D eigenvalue weighted by Crippen LogP contribution is -2.28. The fourth-order valence-corrected chi connectivity index (χ4v) is 4.45. The topological polar surface area (TPSA) is 38.9 Å². The van der Waals surface area contributed by atoms with Crippen molar-refractivity contribution in [1.82, 2.24) is 4.98 Å². The number of thiazole rings is 1. The van der Waals surface area contributed by atoms with Gasteiger partial charge in [-0.1, -0.05) is 29.8 Å². The maximum absolute atomic E-state index is 13.4. The second-order valence-corrected chi connectivity index (χ2v) is 7.99. The highest BCUT2D eigenvalue weighted by Crippen LogP contribution is 2.44. The molecule has 0 spiro atoms. The SMILES string of the molecule is CC1(C)Cc2nc(-c3cc(F)ccc3Br)sc2C(N)C1. The fraction of sp³-hybridized carbons (Fsp3) is 0.400. The van der Waals surface area contributed by atoms with E-state index < -0.39 is 0 Å². The number of benzene rings is 1. The Kier molecular flexibility index (Phi) is 3.47. The first-order chi connectivity index (χ1) is 9.35. The second kappa shape index (κ2) is 4.90. The molecule has 106 valence electrons. The van der Waals surface area contributed by atoms with Crippen LogP contribution in [0.1, 0.15) is 36.9 Å². The van der Waals surface area contributed by atoms with E-state index in [9.17, 15) is 4.39 Å². The summed E-state index contributed by atoms with van der Waals surface area (Å²) in [6.07, 6.45) is 1.89. The zero-order valence-corrected chi connectivity index (χ0v) is 13.8. The molecule has 0 saturated carbocycles. The van der Waals surface area contributed by atoms with Crippen LogP contribution in [0.2, 0.25) is 0 Å². The molecule has 5 heteroatoms. The standard InChI is InChI=1S/C15H16BrFN2S/c1-15(2)6-11(18)13-12(7-15)19-14(20-13)9-5-8(17)3-4-10(9)16/h3-5,11H,6-7,18H2,1-2H3. The van der Waals surface area contributed by atoms with Gasteiger partial charge in [0.05, 0.1) is 5.69 Å². The molecule has 2 aromatic rings. The van der Waals surface area contributed by atoms with Crippen LogP contribution in [0, 0.1) is 11.2 Å². The van der Waals surface area contributed by atoms with Gasteiger partial charge in [-0.2, -0.15) is 0 Å². The van der Waals surface area contributed by atoms with Gasteiger partial charge in [-0.3, -0.25) is 0 Å². The normalized spacial score (nSPS) is 20.8. The molecule has 1 unspecified atom stereocenters. The zero-order chi connectivity index (χ0) is 14.5. The number of hydrogen-bond acceptors (Lipinski definition) is 3. The number of halogens is 2. The lowest BCUT2D eigenvalue weighted by atomic mass is 9.77. The summed E-state index contributed by atoms with van der Waals surface area (Å²) in [6, 6.07) is 4.71. The average molecular weight is 355 g/mol. The van der Waals surface area contributed by atoms with Gasteiger partial charge in [0.15, 0.2) is 0 Å². The minimum absolute atomic E-state index is 0.0346. The van der Waals surface area contributed by atoms with Crippen LogP contribution in [0.25, 0.3) is 10.6 Å². The lowest BCUT2D eigenvalue weighted by molar-refractivity contribution is 0.282. The molecular weight excluding hydrogens is 339 g/mol. The quantitative estimate of drug-likeness (QED) is 0.806. The van der Waals surface area contributed by atoms with Crippen molar-refractivity contribution >= 4 is 27.3 Å². The molecule has 0 amide bonds. The van der Waals surface area contributed by atoms with Gasteiger partial charge in [-0.25, -0.2) is 9.37 Å². The van der Waals surface area contributed by atoms with E-state index in [2.05, 4.69) is 29.8 Å². The van der Waals surface area contributed by atoms with E-state index in [1.807, 2.05) is 0 Å². The first kappa shape index (κ1) is 14.2. The van der Waals surface area contributed by atoms with E-state index in [0.717, 1.165) is 38.5 Å². The summed E-state index contributed by atoms with van der Waals surface area (Å²) in [5.41, 5.74) is 8.32. The molecule has 3 rings (SSSR count). The molecule has 1 aliphatic rings. The molecule has 1 aromatic heterocycles. The third-order valence-corrected chi connectivity index (χ3v) is 5.60. The van der Waals surface area contributed by atoms with Crippen LogP contribution in [0.15, 0.2) is 22.7 Å². The van der Waals surface area contributed by atoms with Crippen molar-refractivity contribution < 1.29 is 4.39 Å². The first-order valence-electron chi connectivity index (χ1n) is 6.56.